The summed E-state index contributed by atoms with van der Waals surface area (Å²) in [7, 11) is 0. The highest BCUT2D eigenvalue weighted by atomic mass is 127. The topological polar surface area (TPSA) is 169 Å². The molecular weight excluding hydrogens is 934 g/mol. The molecule has 4 aromatic rings. The van der Waals surface area contributed by atoms with Crippen molar-refractivity contribution in [1.82, 2.24) is 0 Å². The Bertz CT molecular complexity index is 1770. The van der Waals surface area contributed by atoms with E-state index in [1.165, 1.54) is 5.56 Å². The first kappa shape index (κ1) is 42.7. The maximum absolute atomic E-state index is 11.2. The number of carbonyl (C=O) groups is 4. The molecule has 1 aliphatic rings. The van der Waals surface area contributed by atoms with Gasteiger partial charge in [-0.25, -0.2) is 4.79 Å². The molecule has 0 heterocycles. The number of phenols is 1. The van der Waals surface area contributed by atoms with Crippen molar-refractivity contribution in [3.63, 3.8) is 0 Å². The zero-order valence-electron chi connectivity index (χ0n) is 27.8. The zero-order chi connectivity index (χ0) is 37.7. The van der Waals surface area contributed by atoms with Gasteiger partial charge in [-0.2, -0.15) is 0 Å². The van der Waals surface area contributed by atoms with Gasteiger partial charge in [0.15, 0.2) is 0 Å². The molecule has 0 aliphatic heterocycles. The van der Waals surface area contributed by atoms with E-state index in [1.807, 2.05) is 127 Å². The minimum atomic E-state index is -0.859. The number of carboxylic acid groups (broad SMARTS) is 4. The van der Waals surface area contributed by atoms with E-state index < -0.39 is 34.6 Å². The van der Waals surface area contributed by atoms with Gasteiger partial charge in [-0.3, -0.25) is 14.4 Å². The van der Waals surface area contributed by atoms with Crippen molar-refractivity contribution in [2.75, 3.05) is 0 Å². The lowest BCUT2D eigenvalue weighted by Gasteiger charge is -2.09. The average Bonchev–Trinajstić information content (AvgIpc) is 3.46. The van der Waals surface area contributed by atoms with Gasteiger partial charge in [0.05, 0.1) is 24.5 Å². The molecular formula is C38H39BrI2O9. The van der Waals surface area contributed by atoms with E-state index >= 15 is 0 Å². The van der Waals surface area contributed by atoms with Gasteiger partial charge in [0.1, 0.15) is 10.6 Å². The standard InChI is InChI=1S/C14H10O2.C10H12O2.C9H8I2O3.C5H9BrO2/c15-14(16)12-7-3-5-10-8-9-4-1-2-6-11(9)13(10)12;1-2-9(10(11)12)8-6-4-3-5-7-8;1-4(9(13)14)5-2-6(10)8(12)7(11)3-5;1-3(2)4(6)5(7)8/h1-7H,8H2,(H,15,16);3-7,9H,2H2,1H3,(H,11,12);2-4,12H,1H3,(H,13,14);3-4H,1-2H3,(H,7,8)/t;9-;;4-/m.1.0/s1. The highest BCUT2D eigenvalue weighted by Gasteiger charge is 2.23. The minimum Gasteiger partial charge on any atom is -0.506 e. The molecule has 5 rings (SSSR count). The number of fused-ring (bicyclic) bond motifs is 3. The molecule has 0 radical (unpaired) electrons. The number of hydrogen-bond acceptors (Lipinski definition) is 5. The van der Waals surface area contributed by atoms with Crippen LogP contribution in [-0.2, 0) is 20.8 Å². The third-order valence-corrected chi connectivity index (χ3v) is 10.8. The van der Waals surface area contributed by atoms with Crippen LogP contribution in [0, 0.1) is 13.1 Å². The molecule has 0 bridgehead atoms. The summed E-state index contributed by atoms with van der Waals surface area (Å²) >= 11 is 6.98. The average molecular weight is 973 g/mol. The molecule has 0 amide bonds. The van der Waals surface area contributed by atoms with Gasteiger partial charge in [-0.15, -0.1) is 0 Å². The maximum Gasteiger partial charge on any atom is 0.336 e. The Balaban J connectivity index is 0.000000238. The first-order chi connectivity index (χ1) is 23.5. The van der Waals surface area contributed by atoms with Gasteiger partial charge in [-0.1, -0.05) is 103 Å². The van der Waals surface area contributed by atoms with Crippen molar-refractivity contribution in [1.29, 1.82) is 0 Å². The van der Waals surface area contributed by atoms with Crippen LogP contribution in [0.25, 0.3) is 11.1 Å². The fraction of sp³-hybridized carbons (Fsp3) is 0.263. The van der Waals surface area contributed by atoms with E-state index in [2.05, 4.69) is 22.0 Å². The number of carboxylic acids is 4. The molecule has 0 spiro atoms. The SMILES string of the molecule is CC(C(=O)O)c1cc(I)c(O)c(I)c1.CC(C)[C@H](Br)C(=O)O.CC[C@@H](C(=O)O)c1ccccc1.O=C(O)c1cccc2c1-c1ccccc1C2. The van der Waals surface area contributed by atoms with Crippen LogP contribution >= 0.6 is 61.1 Å². The molecule has 5 N–H and O–H groups in total. The van der Waals surface area contributed by atoms with Gasteiger partial charge in [0, 0.05) is 0 Å². The van der Waals surface area contributed by atoms with Gasteiger partial charge in [0.2, 0.25) is 0 Å². The fourth-order valence-corrected chi connectivity index (χ4v) is 6.68. The van der Waals surface area contributed by atoms with Crippen molar-refractivity contribution in [2.24, 2.45) is 5.92 Å². The number of aromatic hydroxyl groups is 1. The number of alkyl halides is 1. The second-order valence-corrected chi connectivity index (χ2v) is 14.9. The molecule has 9 nitrogen and oxygen atoms in total. The second kappa shape index (κ2) is 20.4. The molecule has 0 aromatic heterocycles. The second-order valence-electron chi connectivity index (χ2n) is 11.6. The Morgan fingerprint density at radius 1 is 0.720 bits per heavy atom. The summed E-state index contributed by atoms with van der Waals surface area (Å²) in [6, 6.07) is 26.2. The maximum atomic E-state index is 11.2. The molecule has 0 saturated carbocycles. The zero-order valence-corrected chi connectivity index (χ0v) is 33.7. The van der Waals surface area contributed by atoms with Gasteiger partial charge >= 0.3 is 23.9 Å². The third kappa shape index (κ3) is 12.1. The number of aromatic carboxylic acids is 1. The molecule has 4 aromatic carbocycles. The summed E-state index contributed by atoms with van der Waals surface area (Å²) in [6.07, 6.45) is 1.48. The van der Waals surface area contributed by atoms with Crippen LogP contribution in [0.3, 0.4) is 0 Å². The summed E-state index contributed by atoms with van der Waals surface area (Å²) in [5.74, 6) is -3.77. The van der Waals surface area contributed by atoms with E-state index in [1.54, 1.807) is 25.1 Å². The largest absolute Gasteiger partial charge is 0.506 e. The van der Waals surface area contributed by atoms with Gasteiger partial charge in [0.25, 0.3) is 0 Å². The highest BCUT2D eigenvalue weighted by molar-refractivity contribution is 14.1. The fourth-order valence-electron chi connectivity index (χ4n) is 4.87. The number of halogens is 3. The normalized spacial score (nSPS) is 12.6. The number of hydrogen-bond donors (Lipinski definition) is 5. The summed E-state index contributed by atoms with van der Waals surface area (Å²) in [5.41, 5.74) is 6.28. The lowest BCUT2D eigenvalue weighted by atomic mass is 9.97. The summed E-state index contributed by atoms with van der Waals surface area (Å²) < 4.78 is 1.36. The quantitative estimate of drug-likeness (QED) is 0.0751. The first-order valence-electron chi connectivity index (χ1n) is 15.5. The summed E-state index contributed by atoms with van der Waals surface area (Å²) in [4.78, 5) is 42.3. The Hall–Kier alpha value is -3.50. The number of rotatable bonds is 8. The molecule has 0 fully saturated rings. The predicted molar refractivity (Wildman–Crippen MR) is 214 cm³/mol. The van der Waals surface area contributed by atoms with Crippen molar-refractivity contribution >= 4 is 85.0 Å². The lowest BCUT2D eigenvalue weighted by Crippen LogP contribution is -2.18. The van der Waals surface area contributed by atoms with Crippen LogP contribution in [0.4, 0.5) is 0 Å². The molecule has 1 aliphatic carbocycles. The van der Waals surface area contributed by atoms with Gasteiger partial charge in [-0.05, 0) is 122 Å². The molecule has 3 atom stereocenters. The number of benzene rings is 4. The Morgan fingerprint density at radius 3 is 1.72 bits per heavy atom. The Labute approximate surface area is 327 Å². The number of aliphatic carboxylic acids is 3. The van der Waals surface area contributed by atoms with Crippen molar-refractivity contribution in [3.05, 3.63) is 120 Å². The Kier molecular flexibility index (Phi) is 17.4. The predicted octanol–water partition coefficient (Wildman–Crippen LogP) is 9.50. The molecule has 1 unspecified atom stereocenters. The van der Waals surface area contributed by atoms with Crippen LogP contribution in [0.15, 0.2) is 84.9 Å². The lowest BCUT2D eigenvalue weighted by molar-refractivity contribution is -0.139. The van der Waals surface area contributed by atoms with Crippen LogP contribution in [0.2, 0.25) is 0 Å². The smallest absolute Gasteiger partial charge is 0.336 e. The molecule has 50 heavy (non-hydrogen) atoms. The van der Waals surface area contributed by atoms with E-state index in [4.69, 9.17) is 15.3 Å². The van der Waals surface area contributed by atoms with Crippen LogP contribution < -0.4 is 0 Å². The first-order valence-corrected chi connectivity index (χ1v) is 18.6. The molecule has 0 saturated heterocycles. The van der Waals surface area contributed by atoms with Crippen LogP contribution in [0.5, 0.6) is 5.75 Å². The van der Waals surface area contributed by atoms with Crippen molar-refractivity contribution < 1.29 is 44.7 Å². The van der Waals surface area contributed by atoms with E-state index in [0.29, 0.717) is 24.7 Å². The summed E-state index contributed by atoms with van der Waals surface area (Å²) in [5, 5.41) is 44.6. The van der Waals surface area contributed by atoms with Crippen LogP contribution in [-0.4, -0.2) is 54.2 Å². The van der Waals surface area contributed by atoms with E-state index in [-0.39, 0.29) is 17.6 Å². The van der Waals surface area contributed by atoms with Crippen LogP contribution in [0.1, 0.15) is 78.6 Å². The third-order valence-electron chi connectivity index (χ3n) is 7.69. The summed E-state index contributed by atoms with van der Waals surface area (Å²) in [6.45, 7) is 7.22. The van der Waals surface area contributed by atoms with E-state index in [9.17, 15) is 29.4 Å². The highest BCUT2D eigenvalue weighted by Crippen LogP contribution is 2.38. The monoisotopic (exact) mass is 972 g/mol. The van der Waals surface area contributed by atoms with E-state index in [0.717, 1.165) is 28.7 Å². The molecule has 12 heteroatoms. The minimum absolute atomic E-state index is 0.160. The number of phenolic OH excluding ortho intramolecular Hbond substituents is 1. The molecule has 266 valence electrons. The Morgan fingerprint density at radius 2 is 1.26 bits per heavy atom. The van der Waals surface area contributed by atoms with Gasteiger partial charge < -0.3 is 25.5 Å². The van der Waals surface area contributed by atoms with Crippen molar-refractivity contribution in [3.8, 4) is 16.9 Å². The van der Waals surface area contributed by atoms with Crippen molar-refractivity contribution in [2.45, 2.75) is 57.2 Å².